The number of nitrogens with two attached hydrogens (primary N) is 1. The third kappa shape index (κ3) is 2.58. The molecule has 2 N–H and O–H groups in total. The second-order valence-electron chi connectivity index (χ2n) is 5.12. The summed E-state index contributed by atoms with van der Waals surface area (Å²) in [7, 11) is 0. The van der Waals surface area contributed by atoms with E-state index < -0.39 is 6.04 Å². The Morgan fingerprint density at radius 3 is 2.15 bits per heavy atom. The second kappa shape index (κ2) is 5.47. The van der Waals surface area contributed by atoms with Gasteiger partial charge >= 0.3 is 5.97 Å². The summed E-state index contributed by atoms with van der Waals surface area (Å²) < 4.78 is 5.55. The van der Waals surface area contributed by atoms with Gasteiger partial charge in [0, 0.05) is 12.8 Å². The fourth-order valence-corrected chi connectivity index (χ4v) is 2.64. The molecule has 3 rings (SSSR count). The number of hydrogen-bond donors (Lipinski definition) is 1. The van der Waals surface area contributed by atoms with Gasteiger partial charge in [0.15, 0.2) is 0 Å². The number of hydrogen-bond acceptors (Lipinski definition) is 3. The molecule has 0 unspecified atom stereocenters. The lowest BCUT2D eigenvalue weighted by atomic mass is 10.1. The van der Waals surface area contributed by atoms with E-state index in [4.69, 9.17) is 10.5 Å². The van der Waals surface area contributed by atoms with E-state index in [2.05, 4.69) is 12.1 Å². The van der Waals surface area contributed by atoms with E-state index in [-0.39, 0.29) is 12.1 Å². The van der Waals surface area contributed by atoms with Gasteiger partial charge < -0.3 is 10.5 Å². The van der Waals surface area contributed by atoms with Crippen LogP contribution in [0.2, 0.25) is 0 Å². The summed E-state index contributed by atoms with van der Waals surface area (Å²) in [6.45, 7) is 0. The Hall–Kier alpha value is -2.13. The van der Waals surface area contributed by atoms with E-state index in [9.17, 15) is 4.79 Å². The van der Waals surface area contributed by atoms with Crippen LogP contribution in [0.15, 0.2) is 54.6 Å². The maximum absolute atomic E-state index is 12.1. The molecule has 0 bridgehead atoms. The molecule has 1 atom stereocenters. The van der Waals surface area contributed by atoms with E-state index in [0.29, 0.717) is 0 Å². The Balaban J connectivity index is 1.64. The minimum Gasteiger partial charge on any atom is -0.460 e. The number of benzene rings is 2. The maximum Gasteiger partial charge on any atom is 0.327 e. The fourth-order valence-electron chi connectivity index (χ4n) is 2.64. The van der Waals surface area contributed by atoms with Gasteiger partial charge in [-0.2, -0.15) is 0 Å². The first-order valence-corrected chi connectivity index (χ1v) is 6.82. The third-order valence-corrected chi connectivity index (χ3v) is 3.71. The zero-order valence-electron chi connectivity index (χ0n) is 11.2. The lowest BCUT2D eigenvalue weighted by Crippen LogP contribution is -2.28. The molecule has 1 aliphatic rings. The first-order chi connectivity index (χ1) is 9.74. The summed E-state index contributed by atoms with van der Waals surface area (Å²) in [5.41, 5.74) is 9.26. The van der Waals surface area contributed by atoms with E-state index in [0.717, 1.165) is 18.4 Å². The van der Waals surface area contributed by atoms with Gasteiger partial charge in [-0.05, 0) is 16.7 Å². The molecule has 0 fully saturated rings. The highest BCUT2D eigenvalue weighted by atomic mass is 16.5. The molecular weight excluding hydrogens is 250 g/mol. The number of carbonyl (C=O) groups is 1. The molecule has 0 aromatic heterocycles. The molecule has 0 aliphatic heterocycles. The Morgan fingerprint density at radius 1 is 1.00 bits per heavy atom. The van der Waals surface area contributed by atoms with Crippen molar-refractivity contribution in [1.82, 2.24) is 0 Å². The molecule has 102 valence electrons. The van der Waals surface area contributed by atoms with Crippen molar-refractivity contribution in [1.29, 1.82) is 0 Å². The number of ether oxygens (including phenoxy) is 1. The topological polar surface area (TPSA) is 52.3 Å². The van der Waals surface area contributed by atoms with Crippen LogP contribution >= 0.6 is 0 Å². The molecule has 2 aromatic carbocycles. The van der Waals surface area contributed by atoms with Crippen LogP contribution in [0.5, 0.6) is 0 Å². The number of esters is 1. The van der Waals surface area contributed by atoms with Gasteiger partial charge in [0.1, 0.15) is 12.1 Å². The standard InChI is InChI=1S/C17H17NO2/c18-16(12-6-2-1-3-7-12)17(19)20-15-10-13-8-4-5-9-14(13)11-15/h1-9,15-16H,10-11,18H2/t16-/m0/s1. The molecule has 0 spiro atoms. The van der Waals surface area contributed by atoms with Crippen molar-refractivity contribution < 1.29 is 9.53 Å². The minimum absolute atomic E-state index is 0.0883. The van der Waals surface area contributed by atoms with E-state index >= 15 is 0 Å². The summed E-state index contributed by atoms with van der Waals surface area (Å²) in [6.07, 6.45) is 1.47. The van der Waals surface area contributed by atoms with Gasteiger partial charge in [-0.3, -0.25) is 0 Å². The second-order valence-corrected chi connectivity index (χ2v) is 5.12. The molecule has 0 radical (unpaired) electrons. The molecule has 3 heteroatoms. The Kier molecular flexibility index (Phi) is 3.52. The molecule has 0 heterocycles. The monoisotopic (exact) mass is 267 g/mol. The minimum atomic E-state index is -0.708. The van der Waals surface area contributed by atoms with Crippen molar-refractivity contribution in [2.75, 3.05) is 0 Å². The van der Waals surface area contributed by atoms with Crippen LogP contribution in [0.1, 0.15) is 22.7 Å². The normalized spacial score (nSPS) is 15.7. The average Bonchev–Trinajstić information content (AvgIpc) is 2.89. The third-order valence-electron chi connectivity index (χ3n) is 3.71. The predicted molar refractivity (Wildman–Crippen MR) is 77.1 cm³/mol. The van der Waals surface area contributed by atoms with Crippen molar-refractivity contribution in [3.8, 4) is 0 Å². The summed E-state index contributed by atoms with van der Waals surface area (Å²) >= 11 is 0. The van der Waals surface area contributed by atoms with E-state index in [1.54, 1.807) is 0 Å². The highest BCUT2D eigenvalue weighted by Crippen LogP contribution is 2.25. The number of rotatable bonds is 3. The fraction of sp³-hybridized carbons (Fsp3) is 0.235. The predicted octanol–water partition coefficient (Wildman–Crippen LogP) is 2.40. The molecule has 3 nitrogen and oxygen atoms in total. The Morgan fingerprint density at radius 2 is 1.55 bits per heavy atom. The van der Waals surface area contributed by atoms with Crippen LogP contribution in [0.3, 0.4) is 0 Å². The molecule has 20 heavy (non-hydrogen) atoms. The molecule has 2 aromatic rings. The van der Waals surface area contributed by atoms with Gasteiger partial charge in [-0.15, -0.1) is 0 Å². The van der Waals surface area contributed by atoms with Crippen molar-refractivity contribution >= 4 is 5.97 Å². The largest absolute Gasteiger partial charge is 0.460 e. The summed E-state index contributed by atoms with van der Waals surface area (Å²) in [5, 5.41) is 0. The van der Waals surface area contributed by atoms with E-state index in [1.165, 1.54) is 11.1 Å². The van der Waals surface area contributed by atoms with Gasteiger partial charge in [-0.25, -0.2) is 4.79 Å². The molecule has 1 aliphatic carbocycles. The molecule has 0 saturated heterocycles. The smallest absolute Gasteiger partial charge is 0.327 e. The average molecular weight is 267 g/mol. The lowest BCUT2D eigenvalue weighted by molar-refractivity contribution is -0.150. The summed E-state index contributed by atoms with van der Waals surface area (Å²) in [4.78, 5) is 12.1. The van der Waals surface area contributed by atoms with Crippen LogP contribution in [-0.2, 0) is 22.4 Å². The van der Waals surface area contributed by atoms with Crippen LogP contribution < -0.4 is 5.73 Å². The van der Waals surface area contributed by atoms with Crippen LogP contribution in [-0.4, -0.2) is 12.1 Å². The van der Waals surface area contributed by atoms with Crippen molar-refractivity contribution in [3.63, 3.8) is 0 Å². The zero-order chi connectivity index (χ0) is 13.9. The van der Waals surface area contributed by atoms with Crippen LogP contribution in [0, 0.1) is 0 Å². The maximum atomic E-state index is 12.1. The van der Waals surface area contributed by atoms with Crippen molar-refractivity contribution in [2.45, 2.75) is 25.0 Å². The van der Waals surface area contributed by atoms with Crippen LogP contribution in [0.4, 0.5) is 0 Å². The molecular formula is C17H17NO2. The van der Waals surface area contributed by atoms with Gasteiger partial charge in [0.2, 0.25) is 0 Å². The Bertz CT molecular complexity index is 584. The van der Waals surface area contributed by atoms with Crippen LogP contribution in [0.25, 0.3) is 0 Å². The zero-order valence-corrected chi connectivity index (χ0v) is 11.2. The van der Waals surface area contributed by atoms with E-state index in [1.807, 2.05) is 42.5 Å². The SMILES string of the molecule is N[C@H](C(=O)OC1Cc2ccccc2C1)c1ccccc1. The van der Waals surface area contributed by atoms with Crippen molar-refractivity contribution in [3.05, 3.63) is 71.3 Å². The number of carbonyl (C=O) groups excluding carboxylic acids is 1. The number of fused-ring (bicyclic) bond motifs is 1. The lowest BCUT2D eigenvalue weighted by Gasteiger charge is -2.16. The summed E-state index contributed by atoms with van der Waals surface area (Å²) in [6, 6.07) is 16.8. The summed E-state index contributed by atoms with van der Waals surface area (Å²) in [5.74, 6) is -0.353. The highest BCUT2D eigenvalue weighted by molar-refractivity contribution is 5.77. The first kappa shape index (κ1) is 12.9. The molecule has 0 saturated carbocycles. The van der Waals surface area contributed by atoms with Gasteiger partial charge in [0.25, 0.3) is 0 Å². The van der Waals surface area contributed by atoms with Crippen molar-refractivity contribution in [2.24, 2.45) is 5.73 Å². The molecule has 0 amide bonds. The van der Waals surface area contributed by atoms with Gasteiger partial charge in [0.05, 0.1) is 0 Å². The quantitative estimate of drug-likeness (QED) is 0.869. The van der Waals surface area contributed by atoms with Gasteiger partial charge in [-0.1, -0.05) is 54.6 Å². The highest BCUT2D eigenvalue weighted by Gasteiger charge is 2.27. The first-order valence-electron chi connectivity index (χ1n) is 6.82. The Labute approximate surface area is 118 Å².